The van der Waals surface area contributed by atoms with E-state index in [-0.39, 0.29) is 24.1 Å². The number of hydrogen-bond acceptors (Lipinski definition) is 4. The molecule has 1 saturated carbocycles. The molecular weight excluding hydrogens is 450 g/mol. The van der Waals surface area contributed by atoms with Gasteiger partial charge in [0.1, 0.15) is 0 Å². The minimum Gasteiger partial charge on any atom is -0.462 e. The summed E-state index contributed by atoms with van der Waals surface area (Å²) in [6.07, 6.45) is 5.48. The molecule has 0 spiro atoms. The number of carbonyl (C=O) groups excluding carboxylic acids is 2. The SMILES string of the molecule is CCOC(=O)c1cc(C(C)(C)C)cc(C)c1C(c1ccccc1)N(CC1CCCCC1)C(=O)OCC. The highest BCUT2D eigenvalue weighted by Gasteiger charge is 2.35. The molecule has 1 aliphatic rings. The van der Waals surface area contributed by atoms with Gasteiger partial charge in [-0.05, 0) is 73.3 Å². The van der Waals surface area contributed by atoms with Crippen molar-refractivity contribution in [2.24, 2.45) is 5.92 Å². The standard InChI is InChI=1S/C31H43NO4/c1-7-35-29(33)26-20-25(31(4,5)6)19-22(3)27(26)28(24-17-13-10-14-18-24)32(30(34)36-8-2)21-23-15-11-9-12-16-23/h10,13-14,17-20,23,28H,7-9,11-12,15-16,21H2,1-6H3. The summed E-state index contributed by atoms with van der Waals surface area (Å²) in [6.45, 7) is 13.3. The average Bonchev–Trinajstić information content (AvgIpc) is 2.85. The van der Waals surface area contributed by atoms with E-state index in [9.17, 15) is 9.59 Å². The van der Waals surface area contributed by atoms with Gasteiger partial charge < -0.3 is 9.47 Å². The Morgan fingerprint density at radius 1 is 0.972 bits per heavy atom. The number of hydrogen-bond donors (Lipinski definition) is 0. The molecule has 36 heavy (non-hydrogen) atoms. The third-order valence-electron chi connectivity index (χ3n) is 7.13. The van der Waals surface area contributed by atoms with Crippen LogP contribution < -0.4 is 0 Å². The summed E-state index contributed by atoms with van der Waals surface area (Å²) >= 11 is 0. The van der Waals surface area contributed by atoms with Crippen molar-refractivity contribution in [3.05, 3.63) is 70.3 Å². The fraction of sp³-hybridized carbons (Fsp3) is 0.548. The van der Waals surface area contributed by atoms with Crippen LogP contribution in [0.5, 0.6) is 0 Å². The molecule has 5 heteroatoms. The van der Waals surface area contributed by atoms with E-state index in [1.807, 2.05) is 62.1 Å². The smallest absolute Gasteiger partial charge is 0.410 e. The lowest BCUT2D eigenvalue weighted by atomic mass is 9.80. The van der Waals surface area contributed by atoms with Crippen LogP contribution in [0.4, 0.5) is 4.79 Å². The molecule has 5 nitrogen and oxygen atoms in total. The topological polar surface area (TPSA) is 55.8 Å². The summed E-state index contributed by atoms with van der Waals surface area (Å²) in [5.74, 6) is 0.0543. The Hall–Kier alpha value is -2.82. The predicted molar refractivity (Wildman–Crippen MR) is 144 cm³/mol. The molecule has 0 radical (unpaired) electrons. The summed E-state index contributed by atoms with van der Waals surface area (Å²) in [7, 11) is 0. The second-order valence-corrected chi connectivity index (χ2v) is 10.9. The molecule has 0 aromatic heterocycles. The summed E-state index contributed by atoms with van der Waals surface area (Å²) in [4.78, 5) is 28.8. The molecule has 2 aromatic rings. The second-order valence-electron chi connectivity index (χ2n) is 10.9. The number of benzene rings is 2. The number of rotatable bonds is 8. The van der Waals surface area contributed by atoms with Gasteiger partial charge in [-0.2, -0.15) is 0 Å². The summed E-state index contributed by atoms with van der Waals surface area (Å²) in [5, 5.41) is 0. The maximum atomic E-state index is 13.5. The van der Waals surface area contributed by atoms with Crippen molar-refractivity contribution in [1.82, 2.24) is 4.90 Å². The minimum atomic E-state index is -0.458. The molecule has 0 heterocycles. The molecule has 0 N–H and O–H groups in total. The highest BCUT2D eigenvalue weighted by molar-refractivity contribution is 5.92. The Labute approximate surface area is 217 Å². The minimum absolute atomic E-state index is 0.143. The maximum Gasteiger partial charge on any atom is 0.410 e. The normalized spacial score (nSPS) is 15.3. The van der Waals surface area contributed by atoms with Crippen LogP contribution >= 0.6 is 0 Å². The molecule has 196 valence electrons. The van der Waals surface area contributed by atoms with E-state index < -0.39 is 6.04 Å². The molecule has 1 unspecified atom stereocenters. The first-order chi connectivity index (χ1) is 17.2. The van der Waals surface area contributed by atoms with Crippen LogP contribution in [0.3, 0.4) is 0 Å². The largest absolute Gasteiger partial charge is 0.462 e. The van der Waals surface area contributed by atoms with E-state index in [0.717, 1.165) is 35.1 Å². The van der Waals surface area contributed by atoms with Crippen LogP contribution in [0.25, 0.3) is 0 Å². The lowest BCUT2D eigenvalue weighted by molar-refractivity contribution is 0.0518. The Balaban J connectivity index is 2.25. The third kappa shape index (κ3) is 6.68. The van der Waals surface area contributed by atoms with Gasteiger partial charge in [0, 0.05) is 6.54 Å². The molecule has 0 saturated heterocycles. The van der Waals surface area contributed by atoms with Crippen molar-refractivity contribution in [2.75, 3.05) is 19.8 Å². The zero-order valence-electron chi connectivity index (χ0n) is 22.9. The van der Waals surface area contributed by atoms with E-state index in [0.29, 0.717) is 24.6 Å². The summed E-state index contributed by atoms with van der Waals surface area (Å²) < 4.78 is 11.1. The molecule has 3 rings (SSSR count). The van der Waals surface area contributed by atoms with Gasteiger partial charge in [0.15, 0.2) is 0 Å². The first-order valence-electron chi connectivity index (χ1n) is 13.5. The molecule has 1 aliphatic carbocycles. The van der Waals surface area contributed by atoms with Crippen molar-refractivity contribution in [1.29, 1.82) is 0 Å². The zero-order valence-corrected chi connectivity index (χ0v) is 22.9. The number of aryl methyl sites for hydroxylation is 1. The Bertz CT molecular complexity index is 1020. The quantitative estimate of drug-likeness (QED) is 0.355. The lowest BCUT2D eigenvalue weighted by Gasteiger charge is -2.37. The second kappa shape index (κ2) is 12.4. The average molecular weight is 494 g/mol. The lowest BCUT2D eigenvalue weighted by Crippen LogP contribution is -2.41. The Morgan fingerprint density at radius 2 is 1.61 bits per heavy atom. The van der Waals surface area contributed by atoms with Crippen LogP contribution in [0.2, 0.25) is 0 Å². The van der Waals surface area contributed by atoms with Crippen molar-refractivity contribution in [3.63, 3.8) is 0 Å². The van der Waals surface area contributed by atoms with E-state index in [1.54, 1.807) is 0 Å². The molecule has 1 amide bonds. The first-order valence-corrected chi connectivity index (χ1v) is 13.5. The summed E-state index contributed by atoms with van der Waals surface area (Å²) in [5.41, 5.74) is 4.19. The number of nitrogens with zero attached hydrogens (tertiary/aromatic N) is 1. The van der Waals surface area contributed by atoms with Gasteiger partial charge in [0.05, 0.1) is 24.8 Å². The van der Waals surface area contributed by atoms with Gasteiger partial charge in [-0.1, -0.05) is 76.4 Å². The van der Waals surface area contributed by atoms with Gasteiger partial charge in [-0.25, -0.2) is 9.59 Å². The monoisotopic (exact) mass is 493 g/mol. The zero-order chi connectivity index (χ0) is 26.3. The number of amides is 1. The van der Waals surface area contributed by atoms with Gasteiger partial charge in [0.25, 0.3) is 0 Å². The maximum absolute atomic E-state index is 13.5. The van der Waals surface area contributed by atoms with Gasteiger partial charge in [-0.15, -0.1) is 0 Å². The number of esters is 1. The van der Waals surface area contributed by atoms with Gasteiger partial charge in [-0.3, -0.25) is 4.90 Å². The van der Waals surface area contributed by atoms with Crippen molar-refractivity contribution in [2.45, 2.75) is 85.1 Å². The van der Waals surface area contributed by atoms with E-state index in [2.05, 4.69) is 26.8 Å². The van der Waals surface area contributed by atoms with E-state index >= 15 is 0 Å². The van der Waals surface area contributed by atoms with E-state index in [4.69, 9.17) is 9.47 Å². The van der Waals surface area contributed by atoms with Crippen LogP contribution in [0, 0.1) is 12.8 Å². The number of carbonyl (C=O) groups is 2. The molecule has 1 atom stereocenters. The van der Waals surface area contributed by atoms with Crippen molar-refractivity contribution < 1.29 is 19.1 Å². The Kier molecular flexibility index (Phi) is 9.58. The van der Waals surface area contributed by atoms with Crippen LogP contribution in [0.15, 0.2) is 42.5 Å². The van der Waals surface area contributed by atoms with Crippen LogP contribution in [-0.2, 0) is 14.9 Å². The highest BCUT2D eigenvalue weighted by atomic mass is 16.6. The van der Waals surface area contributed by atoms with Crippen LogP contribution in [0.1, 0.15) is 105 Å². The van der Waals surface area contributed by atoms with Crippen LogP contribution in [-0.4, -0.2) is 36.7 Å². The fourth-order valence-corrected chi connectivity index (χ4v) is 5.25. The third-order valence-corrected chi connectivity index (χ3v) is 7.13. The fourth-order valence-electron chi connectivity index (χ4n) is 5.25. The molecule has 0 bridgehead atoms. The molecular formula is C31H43NO4. The first kappa shape index (κ1) is 27.8. The molecule has 2 aromatic carbocycles. The Morgan fingerprint density at radius 3 is 2.19 bits per heavy atom. The van der Waals surface area contributed by atoms with Crippen molar-refractivity contribution >= 4 is 12.1 Å². The predicted octanol–water partition coefficient (Wildman–Crippen LogP) is 7.60. The van der Waals surface area contributed by atoms with Crippen molar-refractivity contribution in [3.8, 4) is 0 Å². The number of ether oxygens (including phenoxy) is 2. The summed E-state index contributed by atoms with van der Waals surface area (Å²) in [6, 6.07) is 13.6. The van der Waals surface area contributed by atoms with E-state index in [1.165, 1.54) is 19.3 Å². The van der Waals surface area contributed by atoms with Gasteiger partial charge >= 0.3 is 12.1 Å². The highest BCUT2D eigenvalue weighted by Crippen LogP contribution is 2.38. The molecule has 0 aliphatic heterocycles. The molecule has 1 fully saturated rings. The van der Waals surface area contributed by atoms with Gasteiger partial charge in [0.2, 0.25) is 0 Å².